The maximum Gasteiger partial charge on any atom is 0.400 e. The number of ether oxygens (including phenoxy) is 3. The van der Waals surface area contributed by atoms with Gasteiger partial charge in [-0.1, -0.05) is 31.9 Å². The summed E-state index contributed by atoms with van der Waals surface area (Å²) in [6.07, 6.45) is 6.30. The molecule has 2 aliphatic rings. The van der Waals surface area contributed by atoms with Gasteiger partial charge >= 0.3 is 6.11 Å². The van der Waals surface area contributed by atoms with Crippen molar-refractivity contribution in [2.45, 2.75) is 70.7 Å². The molecule has 9 heteroatoms. The first-order valence-corrected chi connectivity index (χ1v) is 13.6. The highest BCUT2D eigenvalue weighted by Gasteiger charge is 2.45. The van der Waals surface area contributed by atoms with E-state index in [1.165, 1.54) is 19.3 Å². The van der Waals surface area contributed by atoms with Crippen LogP contribution in [0.1, 0.15) is 58.3 Å². The van der Waals surface area contributed by atoms with Crippen molar-refractivity contribution in [2.75, 3.05) is 13.2 Å². The second-order valence-electron chi connectivity index (χ2n) is 10.4. The summed E-state index contributed by atoms with van der Waals surface area (Å²) in [5.41, 5.74) is -0.535. The molecule has 0 bridgehead atoms. The van der Waals surface area contributed by atoms with Gasteiger partial charge in [-0.15, -0.1) is 0 Å². The molecule has 2 fully saturated rings. The summed E-state index contributed by atoms with van der Waals surface area (Å²) >= 11 is 0. The molecule has 4 rings (SSSR count). The van der Waals surface area contributed by atoms with E-state index in [1.807, 2.05) is 0 Å². The normalized spacial score (nSPS) is 24.3. The van der Waals surface area contributed by atoms with Crippen LogP contribution in [0.4, 0.5) is 26.3 Å². The van der Waals surface area contributed by atoms with Crippen molar-refractivity contribution in [1.29, 1.82) is 0 Å². The average Bonchev–Trinajstić information content (AvgIpc) is 2.92. The van der Waals surface area contributed by atoms with Gasteiger partial charge in [-0.2, -0.15) is 8.78 Å². The Morgan fingerprint density at radius 1 is 0.897 bits per heavy atom. The molecule has 39 heavy (non-hydrogen) atoms. The number of unbranched alkanes of at least 4 members (excludes halogenated alkanes) is 3. The van der Waals surface area contributed by atoms with Crippen LogP contribution in [-0.4, -0.2) is 25.6 Å². The van der Waals surface area contributed by atoms with Crippen molar-refractivity contribution in [3.8, 4) is 16.9 Å². The number of halogens is 6. The molecule has 1 saturated carbocycles. The summed E-state index contributed by atoms with van der Waals surface area (Å²) < 4.78 is 102. The number of hydrogen-bond donors (Lipinski definition) is 0. The molecule has 2 aromatic carbocycles. The van der Waals surface area contributed by atoms with Crippen LogP contribution in [-0.2, 0) is 9.47 Å². The zero-order chi connectivity index (χ0) is 28.0. The highest BCUT2D eigenvalue weighted by molar-refractivity contribution is 5.65. The minimum absolute atomic E-state index is 0.0137. The maximum absolute atomic E-state index is 15.0. The summed E-state index contributed by atoms with van der Waals surface area (Å²) in [7, 11) is 0. The molecule has 1 aliphatic heterocycles. The van der Waals surface area contributed by atoms with Crippen molar-refractivity contribution >= 4 is 0 Å². The van der Waals surface area contributed by atoms with Gasteiger partial charge in [-0.25, -0.2) is 17.6 Å². The molecule has 1 aliphatic carbocycles. The molecule has 3 nitrogen and oxygen atoms in total. The molecular weight excluding hydrogens is 522 g/mol. The molecule has 1 saturated heterocycles. The molecular formula is C30H34F6O3. The van der Waals surface area contributed by atoms with E-state index in [0.717, 1.165) is 24.6 Å². The minimum Gasteiger partial charge on any atom is -0.432 e. The van der Waals surface area contributed by atoms with Gasteiger partial charge in [0.1, 0.15) is 11.6 Å². The van der Waals surface area contributed by atoms with Crippen LogP contribution < -0.4 is 4.74 Å². The highest BCUT2D eigenvalue weighted by Crippen LogP contribution is 2.42. The molecule has 2 aromatic rings. The third kappa shape index (κ3) is 7.57. The Hall–Kier alpha value is -2.52. The van der Waals surface area contributed by atoms with Crippen molar-refractivity contribution in [1.82, 2.24) is 0 Å². The second kappa shape index (κ2) is 13.2. The van der Waals surface area contributed by atoms with Gasteiger partial charge < -0.3 is 14.2 Å². The molecule has 0 radical (unpaired) electrons. The largest absolute Gasteiger partial charge is 0.432 e. The lowest BCUT2D eigenvalue weighted by Crippen LogP contribution is -2.41. The van der Waals surface area contributed by atoms with Crippen LogP contribution in [0.25, 0.3) is 11.1 Å². The Kier molecular flexibility index (Phi) is 9.99. The number of rotatable bonds is 10. The van der Waals surface area contributed by atoms with Crippen LogP contribution >= 0.6 is 0 Å². The van der Waals surface area contributed by atoms with E-state index in [4.69, 9.17) is 14.2 Å². The Morgan fingerprint density at radius 3 is 2.18 bits per heavy atom. The molecule has 0 spiro atoms. The van der Waals surface area contributed by atoms with Gasteiger partial charge in [0.2, 0.25) is 0 Å². The van der Waals surface area contributed by atoms with E-state index < -0.39 is 47.3 Å². The quantitative estimate of drug-likeness (QED) is 0.127. The first-order valence-electron chi connectivity index (χ1n) is 13.6. The first kappa shape index (κ1) is 29.5. The molecule has 0 aromatic heterocycles. The Balaban J connectivity index is 1.27. The lowest BCUT2D eigenvalue weighted by atomic mass is 9.80. The van der Waals surface area contributed by atoms with E-state index in [1.54, 1.807) is 0 Å². The van der Waals surface area contributed by atoms with E-state index in [-0.39, 0.29) is 35.8 Å². The van der Waals surface area contributed by atoms with Gasteiger partial charge in [0.15, 0.2) is 23.7 Å². The van der Waals surface area contributed by atoms with Crippen LogP contribution in [0.2, 0.25) is 0 Å². The van der Waals surface area contributed by atoms with Gasteiger partial charge in [-0.3, -0.25) is 0 Å². The van der Waals surface area contributed by atoms with Crippen molar-refractivity contribution < 1.29 is 40.6 Å². The zero-order valence-corrected chi connectivity index (χ0v) is 21.9. The Bertz CT molecular complexity index is 1100. The van der Waals surface area contributed by atoms with Gasteiger partial charge in [0.05, 0.1) is 19.1 Å². The Morgan fingerprint density at radius 2 is 1.56 bits per heavy atom. The molecule has 0 unspecified atom stereocenters. The first-order chi connectivity index (χ1) is 18.7. The molecule has 0 atom stereocenters. The van der Waals surface area contributed by atoms with Crippen LogP contribution in [0.15, 0.2) is 42.5 Å². The van der Waals surface area contributed by atoms with Crippen molar-refractivity contribution in [3.05, 3.63) is 65.8 Å². The second-order valence-corrected chi connectivity index (χ2v) is 10.4. The predicted molar refractivity (Wildman–Crippen MR) is 135 cm³/mol. The monoisotopic (exact) mass is 556 g/mol. The fourth-order valence-electron chi connectivity index (χ4n) is 5.19. The Labute approximate surface area is 225 Å². The molecule has 0 N–H and O–H groups in total. The third-order valence-electron chi connectivity index (χ3n) is 7.45. The number of benzene rings is 2. The van der Waals surface area contributed by atoms with Gasteiger partial charge in [-0.05, 0) is 68.4 Å². The number of hydrogen-bond acceptors (Lipinski definition) is 3. The van der Waals surface area contributed by atoms with E-state index in [2.05, 4.69) is 19.1 Å². The van der Waals surface area contributed by atoms with E-state index in [9.17, 15) is 26.3 Å². The summed E-state index contributed by atoms with van der Waals surface area (Å²) in [6.45, 7) is 3.27. The summed E-state index contributed by atoms with van der Waals surface area (Å²) in [5.74, 6) is -6.94. The molecule has 214 valence electrons. The lowest BCUT2D eigenvalue weighted by molar-refractivity contribution is -0.244. The predicted octanol–water partition coefficient (Wildman–Crippen LogP) is 8.81. The van der Waals surface area contributed by atoms with Crippen LogP contribution in [0.3, 0.4) is 0 Å². The third-order valence-corrected chi connectivity index (χ3v) is 7.45. The maximum atomic E-state index is 15.0. The van der Waals surface area contributed by atoms with E-state index >= 15 is 0 Å². The molecule has 0 amide bonds. The van der Waals surface area contributed by atoms with Gasteiger partial charge in [0, 0.05) is 23.5 Å². The summed E-state index contributed by atoms with van der Waals surface area (Å²) in [4.78, 5) is 0. The lowest BCUT2D eigenvalue weighted by Gasteiger charge is -2.38. The van der Waals surface area contributed by atoms with Crippen LogP contribution in [0, 0.1) is 41.0 Å². The fourth-order valence-corrected chi connectivity index (χ4v) is 5.19. The van der Waals surface area contributed by atoms with Crippen LogP contribution in [0.5, 0.6) is 5.75 Å². The van der Waals surface area contributed by atoms with Gasteiger partial charge in [0.25, 0.3) is 0 Å². The standard InChI is InChI=1S/C30H34F6O3/c1-2-3-4-5-6-7-19-17-37-29(38-18-19)20-8-10-22(11-9-20)30(35,36)39-23-12-13-24(25(31)16-23)21-14-26(32)28(34)27(33)15-21/h6-7,12-16,19-20,22,29H,2-5,8-11,17-18H2,1H3/b7-6+. The topological polar surface area (TPSA) is 27.7 Å². The minimum atomic E-state index is -3.55. The van der Waals surface area contributed by atoms with Crippen molar-refractivity contribution in [3.63, 3.8) is 0 Å². The SMILES string of the molecule is CCCCC/C=C/C1COC(C2CCC(C(F)(F)Oc3ccc(-c4cc(F)c(F)c(F)c4)c(F)c3)CC2)OC1. The molecule has 1 heterocycles. The van der Waals surface area contributed by atoms with E-state index in [0.29, 0.717) is 38.2 Å². The average molecular weight is 557 g/mol. The van der Waals surface area contributed by atoms with Crippen molar-refractivity contribution in [2.24, 2.45) is 17.8 Å². The zero-order valence-electron chi connectivity index (χ0n) is 21.9. The fraction of sp³-hybridized carbons (Fsp3) is 0.533. The summed E-state index contributed by atoms with van der Waals surface area (Å²) in [6, 6.07) is 4.16. The summed E-state index contributed by atoms with van der Waals surface area (Å²) in [5, 5.41) is 0. The highest BCUT2D eigenvalue weighted by atomic mass is 19.3. The number of alkyl halides is 2. The number of allylic oxidation sites excluding steroid dienone is 1. The smallest absolute Gasteiger partial charge is 0.400 e.